The van der Waals surface area contributed by atoms with Gasteiger partial charge in [-0.25, -0.2) is 4.79 Å². The first kappa shape index (κ1) is 19.5. The van der Waals surface area contributed by atoms with E-state index in [0.717, 1.165) is 4.88 Å². The van der Waals surface area contributed by atoms with Crippen molar-refractivity contribution >= 4 is 29.1 Å². The zero-order chi connectivity index (χ0) is 19.1. The number of methoxy groups -OCH3 is 2. The van der Waals surface area contributed by atoms with Gasteiger partial charge < -0.3 is 20.1 Å². The molecule has 0 saturated carbocycles. The number of rotatable bonds is 7. The molecule has 0 unspecified atom stereocenters. The van der Waals surface area contributed by atoms with Crippen molar-refractivity contribution in [2.75, 3.05) is 20.8 Å². The van der Waals surface area contributed by atoms with E-state index in [-0.39, 0.29) is 30.5 Å². The highest BCUT2D eigenvalue weighted by molar-refractivity contribution is 7.13. The van der Waals surface area contributed by atoms with Gasteiger partial charge in [0.05, 0.1) is 25.6 Å². The van der Waals surface area contributed by atoms with E-state index in [1.54, 1.807) is 24.3 Å². The lowest BCUT2D eigenvalue weighted by Gasteiger charge is -2.10. The van der Waals surface area contributed by atoms with Gasteiger partial charge >= 0.3 is 5.97 Å². The smallest absolute Gasteiger partial charge is 0.341 e. The molecule has 0 atom stereocenters. The standard InChI is InChI=1S/C18H20N2O5S/c1-11-4-7-15(26-11)17(22)20-10-16(21)19-9-12-5-6-14(24-2)13(8-12)18(23)25-3/h4-8H,9-10H2,1-3H3,(H,19,21)(H,20,22). The Kier molecular flexibility index (Phi) is 6.74. The Morgan fingerprint density at radius 3 is 2.46 bits per heavy atom. The summed E-state index contributed by atoms with van der Waals surface area (Å²) in [6, 6.07) is 8.53. The van der Waals surface area contributed by atoms with Crippen LogP contribution in [0.5, 0.6) is 5.75 Å². The normalized spacial score (nSPS) is 10.1. The zero-order valence-electron chi connectivity index (χ0n) is 14.8. The Labute approximate surface area is 155 Å². The van der Waals surface area contributed by atoms with E-state index in [4.69, 9.17) is 9.47 Å². The maximum atomic E-state index is 11.9. The molecule has 0 bridgehead atoms. The number of benzene rings is 1. The van der Waals surface area contributed by atoms with Crippen molar-refractivity contribution in [1.82, 2.24) is 10.6 Å². The third kappa shape index (κ3) is 5.06. The van der Waals surface area contributed by atoms with Gasteiger partial charge in [0.15, 0.2) is 0 Å². The van der Waals surface area contributed by atoms with Crippen LogP contribution >= 0.6 is 11.3 Å². The summed E-state index contributed by atoms with van der Waals surface area (Å²) in [5, 5.41) is 5.26. The van der Waals surface area contributed by atoms with E-state index in [2.05, 4.69) is 10.6 Å². The third-order valence-corrected chi connectivity index (χ3v) is 4.53. The van der Waals surface area contributed by atoms with Gasteiger partial charge in [-0.15, -0.1) is 11.3 Å². The number of thiophene rings is 1. The first-order valence-corrected chi connectivity index (χ1v) is 8.62. The molecule has 1 aromatic heterocycles. The zero-order valence-corrected chi connectivity index (χ0v) is 15.6. The fourth-order valence-corrected chi connectivity index (χ4v) is 2.99. The van der Waals surface area contributed by atoms with Crippen molar-refractivity contribution in [2.45, 2.75) is 13.5 Å². The number of carbonyl (C=O) groups is 3. The van der Waals surface area contributed by atoms with Crippen LogP contribution in [0.25, 0.3) is 0 Å². The van der Waals surface area contributed by atoms with E-state index in [9.17, 15) is 14.4 Å². The van der Waals surface area contributed by atoms with Crippen LogP contribution < -0.4 is 15.4 Å². The molecule has 0 saturated heterocycles. The molecule has 0 fully saturated rings. The predicted molar refractivity (Wildman–Crippen MR) is 97.6 cm³/mol. The van der Waals surface area contributed by atoms with Crippen molar-refractivity contribution in [3.05, 3.63) is 51.2 Å². The Morgan fingerprint density at radius 2 is 1.85 bits per heavy atom. The van der Waals surface area contributed by atoms with Gasteiger partial charge in [-0.05, 0) is 36.8 Å². The van der Waals surface area contributed by atoms with Crippen molar-refractivity contribution in [1.29, 1.82) is 0 Å². The van der Waals surface area contributed by atoms with Gasteiger partial charge in [0, 0.05) is 11.4 Å². The van der Waals surface area contributed by atoms with E-state index >= 15 is 0 Å². The van der Waals surface area contributed by atoms with E-state index in [0.29, 0.717) is 16.2 Å². The van der Waals surface area contributed by atoms with Gasteiger partial charge in [-0.2, -0.15) is 0 Å². The summed E-state index contributed by atoms with van der Waals surface area (Å²) in [6.45, 7) is 1.99. The Hall–Kier alpha value is -2.87. The first-order valence-electron chi connectivity index (χ1n) is 7.81. The Morgan fingerprint density at radius 1 is 1.08 bits per heavy atom. The summed E-state index contributed by atoms with van der Waals surface area (Å²) in [7, 11) is 2.75. The van der Waals surface area contributed by atoms with Crippen LogP contribution in [0, 0.1) is 6.92 Å². The number of nitrogens with one attached hydrogen (secondary N) is 2. The molecular formula is C18H20N2O5S. The lowest BCUT2D eigenvalue weighted by molar-refractivity contribution is -0.120. The number of amides is 2. The SMILES string of the molecule is COC(=O)c1cc(CNC(=O)CNC(=O)c2ccc(C)s2)ccc1OC. The summed E-state index contributed by atoms with van der Waals surface area (Å²) in [4.78, 5) is 37.2. The Bertz CT molecular complexity index is 816. The second-order valence-electron chi connectivity index (χ2n) is 5.40. The van der Waals surface area contributed by atoms with Crippen LogP contribution in [-0.4, -0.2) is 38.5 Å². The van der Waals surface area contributed by atoms with Gasteiger partial charge in [0.2, 0.25) is 5.91 Å². The van der Waals surface area contributed by atoms with Crippen molar-refractivity contribution in [2.24, 2.45) is 0 Å². The molecule has 2 N–H and O–H groups in total. The van der Waals surface area contributed by atoms with Crippen LogP contribution in [0.1, 0.15) is 30.5 Å². The summed E-state index contributed by atoms with van der Waals surface area (Å²) < 4.78 is 9.84. The molecular weight excluding hydrogens is 356 g/mol. The summed E-state index contributed by atoms with van der Waals surface area (Å²) in [5.74, 6) is -0.739. The van der Waals surface area contributed by atoms with Crippen LogP contribution in [0.3, 0.4) is 0 Å². The molecule has 2 rings (SSSR count). The van der Waals surface area contributed by atoms with Gasteiger partial charge in [-0.3, -0.25) is 9.59 Å². The van der Waals surface area contributed by atoms with Gasteiger partial charge in [0.1, 0.15) is 11.3 Å². The summed E-state index contributed by atoms with van der Waals surface area (Å²) in [5.41, 5.74) is 0.989. The van der Waals surface area contributed by atoms with Crippen LogP contribution in [0.15, 0.2) is 30.3 Å². The lowest BCUT2D eigenvalue weighted by atomic mass is 10.1. The average molecular weight is 376 g/mol. The number of hydrogen-bond donors (Lipinski definition) is 2. The minimum absolute atomic E-state index is 0.129. The second-order valence-corrected chi connectivity index (χ2v) is 6.68. The van der Waals surface area contributed by atoms with Gasteiger partial charge in [-0.1, -0.05) is 6.07 Å². The number of esters is 1. The third-order valence-electron chi connectivity index (χ3n) is 3.53. The maximum absolute atomic E-state index is 11.9. The summed E-state index contributed by atoms with van der Waals surface area (Å²) >= 11 is 1.37. The molecule has 0 radical (unpaired) electrons. The number of ether oxygens (including phenoxy) is 2. The van der Waals surface area contributed by atoms with Crippen molar-refractivity contribution < 1.29 is 23.9 Å². The van der Waals surface area contributed by atoms with Crippen LogP contribution in [0.4, 0.5) is 0 Å². The van der Waals surface area contributed by atoms with Crippen molar-refractivity contribution in [3.8, 4) is 5.75 Å². The van der Waals surface area contributed by atoms with Crippen molar-refractivity contribution in [3.63, 3.8) is 0 Å². The Balaban J connectivity index is 1.88. The summed E-state index contributed by atoms with van der Waals surface area (Å²) in [6.07, 6.45) is 0. The highest BCUT2D eigenvalue weighted by Gasteiger charge is 2.14. The molecule has 0 aliphatic heterocycles. The fourth-order valence-electron chi connectivity index (χ4n) is 2.20. The largest absolute Gasteiger partial charge is 0.496 e. The quantitative estimate of drug-likeness (QED) is 0.720. The van der Waals surface area contributed by atoms with E-state index in [1.165, 1.54) is 25.6 Å². The molecule has 8 heteroatoms. The molecule has 0 aliphatic carbocycles. The minimum Gasteiger partial charge on any atom is -0.496 e. The van der Waals surface area contributed by atoms with Crippen LogP contribution in [0.2, 0.25) is 0 Å². The molecule has 2 amide bonds. The fraction of sp³-hybridized carbons (Fsp3) is 0.278. The average Bonchev–Trinajstić information content (AvgIpc) is 3.09. The maximum Gasteiger partial charge on any atom is 0.341 e. The molecule has 0 spiro atoms. The first-order chi connectivity index (χ1) is 12.4. The predicted octanol–water partition coefficient (Wildman–Crippen LogP) is 1.90. The molecule has 1 heterocycles. The van der Waals surface area contributed by atoms with E-state index in [1.807, 2.05) is 13.0 Å². The van der Waals surface area contributed by atoms with Crippen LogP contribution in [-0.2, 0) is 16.1 Å². The molecule has 138 valence electrons. The van der Waals surface area contributed by atoms with Gasteiger partial charge in [0.25, 0.3) is 5.91 Å². The highest BCUT2D eigenvalue weighted by Crippen LogP contribution is 2.20. The monoisotopic (exact) mass is 376 g/mol. The number of aryl methyl sites for hydroxylation is 1. The molecule has 26 heavy (non-hydrogen) atoms. The molecule has 1 aromatic carbocycles. The van der Waals surface area contributed by atoms with E-state index < -0.39 is 5.97 Å². The molecule has 0 aliphatic rings. The topological polar surface area (TPSA) is 93.7 Å². The molecule has 7 nitrogen and oxygen atoms in total. The number of hydrogen-bond acceptors (Lipinski definition) is 6. The highest BCUT2D eigenvalue weighted by atomic mass is 32.1. The lowest BCUT2D eigenvalue weighted by Crippen LogP contribution is -2.36. The number of carbonyl (C=O) groups excluding carboxylic acids is 3. The minimum atomic E-state index is -0.520. The second kappa shape index (κ2) is 9.00. The molecule has 2 aromatic rings.